The van der Waals surface area contributed by atoms with Crippen LogP contribution in [0.1, 0.15) is 49.0 Å². The van der Waals surface area contributed by atoms with Gasteiger partial charge < -0.3 is 5.73 Å². The minimum atomic E-state index is -4.54. The van der Waals surface area contributed by atoms with Gasteiger partial charge in [0, 0.05) is 24.4 Å². The number of nitrogens with two attached hydrogens (primary N) is 1. The zero-order chi connectivity index (χ0) is 16.0. The molecule has 6 heteroatoms. The highest BCUT2D eigenvalue weighted by Crippen LogP contribution is 2.32. The third-order valence-corrected chi connectivity index (χ3v) is 3.65. The van der Waals surface area contributed by atoms with Gasteiger partial charge in [0.05, 0.1) is 5.56 Å². The number of carbonyl (C=O) groups excluding carboxylic acids is 1. The summed E-state index contributed by atoms with van der Waals surface area (Å²) in [7, 11) is 0. The molecule has 0 saturated carbocycles. The second-order valence-electron chi connectivity index (χ2n) is 5.46. The maximum absolute atomic E-state index is 12.9. The fourth-order valence-corrected chi connectivity index (χ4v) is 2.34. The summed E-state index contributed by atoms with van der Waals surface area (Å²) >= 11 is 0. The highest BCUT2D eigenvalue weighted by atomic mass is 19.4. The number of nitrogens with zero attached hydrogens (tertiary/aromatic N) is 1. The SMILES string of the molecule is CC(C)C(CCN)CCC(=O)c1cnccc1C(F)(F)F. The minimum absolute atomic E-state index is 0.0810. The highest BCUT2D eigenvalue weighted by molar-refractivity contribution is 5.97. The second-order valence-corrected chi connectivity index (χ2v) is 5.46. The Hall–Kier alpha value is -1.43. The van der Waals surface area contributed by atoms with Gasteiger partial charge in [-0.05, 0) is 37.3 Å². The van der Waals surface area contributed by atoms with E-state index in [0.29, 0.717) is 18.9 Å². The number of pyridine rings is 1. The Morgan fingerprint density at radius 1 is 1.33 bits per heavy atom. The summed E-state index contributed by atoms with van der Waals surface area (Å²) in [6.07, 6.45) is -1.10. The number of Topliss-reactive ketones (excluding diaryl/α,β-unsaturated/α-hetero) is 1. The Balaban J connectivity index is 2.81. The summed E-state index contributed by atoms with van der Waals surface area (Å²) in [5, 5.41) is 0. The molecule has 0 aliphatic rings. The molecular weight excluding hydrogens is 281 g/mol. The molecule has 0 fully saturated rings. The van der Waals surface area contributed by atoms with Crippen molar-refractivity contribution in [3.05, 3.63) is 29.6 Å². The van der Waals surface area contributed by atoms with E-state index in [0.717, 1.165) is 24.9 Å². The summed E-state index contributed by atoms with van der Waals surface area (Å²) < 4.78 is 38.6. The van der Waals surface area contributed by atoms with Gasteiger partial charge in [-0.2, -0.15) is 13.2 Å². The van der Waals surface area contributed by atoms with E-state index in [9.17, 15) is 18.0 Å². The Bertz CT molecular complexity index is 472. The molecule has 1 heterocycles. The topological polar surface area (TPSA) is 56.0 Å². The molecule has 0 amide bonds. The molecule has 118 valence electrons. The van der Waals surface area contributed by atoms with Gasteiger partial charge in [0.1, 0.15) is 0 Å². The molecule has 1 unspecified atom stereocenters. The lowest BCUT2D eigenvalue weighted by Crippen LogP contribution is -2.17. The van der Waals surface area contributed by atoms with E-state index < -0.39 is 17.5 Å². The molecule has 1 aromatic heterocycles. The molecular formula is C15H21F3N2O. The van der Waals surface area contributed by atoms with Crippen LogP contribution in [0.25, 0.3) is 0 Å². The average molecular weight is 302 g/mol. The maximum Gasteiger partial charge on any atom is 0.417 e. The molecule has 0 aromatic carbocycles. The van der Waals surface area contributed by atoms with Crippen LogP contribution in [0.5, 0.6) is 0 Å². The van der Waals surface area contributed by atoms with Crippen LogP contribution < -0.4 is 5.73 Å². The standard InChI is InChI=1S/C15H21F3N2O/c1-10(2)11(5-7-19)3-4-14(21)12-9-20-8-6-13(12)15(16,17)18/h6,8-11H,3-5,7,19H2,1-2H3. The van der Waals surface area contributed by atoms with Crippen molar-refractivity contribution in [2.24, 2.45) is 17.6 Å². The molecule has 2 N–H and O–H groups in total. The largest absolute Gasteiger partial charge is 0.417 e. The number of rotatable bonds is 7. The normalized spacial score (nSPS) is 13.5. The van der Waals surface area contributed by atoms with Crippen molar-refractivity contribution in [2.75, 3.05) is 6.54 Å². The number of carbonyl (C=O) groups is 1. The predicted molar refractivity (Wildman–Crippen MR) is 74.8 cm³/mol. The number of ketones is 1. The molecule has 21 heavy (non-hydrogen) atoms. The number of hydrogen-bond acceptors (Lipinski definition) is 3. The Kier molecular flexibility index (Phi) is 6.33. The first-order valence-electron chi connectivity index (χ1n) is 7.01. The van der Waals surface area contributed by atoms with Gasteiger partial charge in [-0.15, -0.1) is 0 Å². The summed E-state index contributed by atoms with van der Waals surface area (Å²) in [4.78, 5) is 15.7. The zero-order valence-electron chi connectivity index (χ0n) is 12.3. The lowest BCUT2D eigenvalue weighted by molar-refractivity contribution is -0.138. The molecule has 0 saturated heterocycles. The first-order valence-corrected chi connectivity index (χ1v) is 7.01. The van der Waals surface area contributed by atoms with Crippen LogP contribution in [0.15, 0.2) is 18.5 Å². The Morgan fingerprint density at radius 2 is 2.00 bits per heavy atom. The van der Waals surface area contributed by atoms with Crippen LogP contribution in [-0.4, -0.2) is 17.3 Å². The van der Waals surface area contributed by atoms with Gasteiger partial charge >= 0.3 is 6.18 Å². The van der Waals surface area contributed by atoms with Crippen molar-refractivity contribution in [3.8, 4) is 0 Å². The predicted octanol–water partition coefficient (Wildman–Crippen LogP) is 3.68. The Morgan fingerprint density at radius 3 is 2.52 bits per heavy atom. The van der Waals surface area contributed by atoms with Crippen LogP contribution in [0.4, 0.5) is 13.2 Å². The first kappa shape index (κ1) is 17.6. The fraction of sp³-hybridized carbons (Fsp3) is 0.600. The van der Waals surface area contributed by atoms with Crippen molar-refractivity contribution in [2.45, 2.75) is 39.3 Å². The van der Waals surface area contributed by atoms with Gasteiger partial charge in [0.25, 0.3) is 0 Å². The summed E-state index contributed by atoms with van der Waals surface area (Å²) in [5.41, 5.74) is 4.26. The van der Waals surface area contributed by atoms with Gasteiger partial charge in [-0.25, -0.2) is 0 Å². The van der Waals surface area contributed by atoms with E-state index in [1.165, 1.54) is 0 Å². The van der Waals surface area contributed by atoms with Crippen molar-refractivity contribution in [1.82, 2.24) is 4.98 Å². The van der Waals surface area contributed by atoms with Crippen LogP contribution in [-0.2, 0) is 6.18 Å². The highest BCUT2D eigenvalue weighted by Gasteiger charge is 2.35. The maximum atomic E-state index is 12.9. The summed E-state index contributed by atoms with van der Waals surface area (Å²) in [6, 6.07) is 0.840. The molecule has 0 radical (unpaired) electrons. The van der Waals surface area contributed by atoms with E-state index in [-0.39, 0.29) is 17.9 Å². The molecule has 1 rings (SSSR count). The molecule has 1 atom stereocenters. The monoisotopic (exact) mass is 302 g/mol. The Labute approximate surface area is 122 Å². The second kappa shape index (κ2) is 7.54. The lowest BCUT2D eigenvalue weighted by Gasteiger charge is -2.20. The lowest BCUT2D eigenvalue weighted by atomic mass is 9.86. The zero-order valence-corrected chi connectivity index (χ0v) is 12.3. The van der Waals surface area contributed by atoms with E-state index in [4.69, 9.17) is 5.73 Å². The third-order valence-electron chi connectivity index (χ3n) is 3.65. The quantitative estimate of drug-likeness (QED) is 0.782. The number of hydrogen-bond donors (Lipinski definition) is 1. The van der Waals surface area contributed by atoms with Crippen LogP contribution in [0.3, 0.4) is 0 Å². The van der Waals surface area contributed by atoms with Gasteiger partial charge in [-0.1, -0.05) is 13.8 Å². The fourth-order valence-electron chi connectivity index (χ4n) is 2.34. The van der Waals surface area contributed by atoms with Crippen molar-refractivity contribution < 1.29 is 18.0 Å². The van der Waals surface area contributed by atoms with Crippen LogP contribution in [0.2, 0.25) is 0 Å². The van der Waals surface area contributed by atoms with Crippen LogP contribution in [0, 0.1) is 11.8 Å². The van der Waals surface area contributed by atoms with E-state index in [2.05, 4.69) is 4.98 Å². The molecule has 0 aliphatic heterocycles. The van der Waals surface area contributed by atoms with Gasteiger partial charge in [0.15, 0.2) is 5.78 Å². The third kappa shape index (κ3) is 5.12. The van der Waals surface area contributed by atoms with Crippen molar-refractivity contribution >= 4 is 5.78 Å². The average Bonchev–Trinajstić information content (AvgIpc) is 2.41. The molecule has 0 spiro atoms. The van der Waals surface area contributed by atoms with Gasteiger partial charge in [0.2, 0.25) is 0 Å². The number of halogens is 3. The smallest absolute Gasteiger partial charge is 0.330 e. The van der Waals surface area contributed by atoms with E-state index in [1.54, 1.807) is 0 Å². The first-order chi connectivity index (χ1) is 9.77. The molecule has 0 bridgehead atoms. The van der Waals surface area contributed by atoms with Crippen molar-refractivity contribution in [1.29, 1.82) is 0 Å². The summed E-state index contributed by atoms with van der Waals surface area (Å²) in [6.45, 7) is 4.56. The molecule has 3 nitrogen and oxygen atoms in total. The minimum Gasteiger partial charge on any atom is -0.330 e. The van der Waals surface area contributed by atoms with E-state index in [1.807, 2.05) is 13.8 Å². The number of aromatic nitrogens is 1. The van der Waals surface area contributed by atoms with Gasteiger partial charge in [-0.3, -0.25) is 9.78 Å². The van der Waals surface area contributed by atoms with E-state index >= 15 is 0 Å². The van der Waals surface area contributed by atoms with Crippen molar-refractivity contribution in [3.63, 3.8) is 0 Å². The summed E-state index contributed by atoms with van der Waals surface area (Å²) in [5.74, 6) is 0.0698. The molecule has 0 aliphatic carbocycles. The number of alkyl halides is 3. The van der Waals surface area contributed by atoms with Crippen LogP contribution >= 0.6 is 0 Å². The molecule has 1 aromatic rings.